The summed E-state index contributed by atoms with van der Waals surface area (Å²) in [6, 6.07) is 0. The van der Waals surface area contributed by atoms with E-state index >= 15 is 0 Å². The van der Waals surface area contributed by atoms with Gasteiger partial charge in [-0.05, 0) is 18.6 Å². The number of H-pyrrole nitrogens is 1. The van der Waals surface area contributed by atoms with Crippen molar-refractivity contribution in [2.75, 3.05) is 26.3 Å². The van der Waals surface area contributed by atoms with E-state index in [1.54, 1.807) is 6.92 Å². The normalized spacial score (nSPS) is 11.6. The summed E-state index contributed by atoms with van der Waals surface area (Å²) >= 11 is 0. The van der Waals surface area contributed by atoms with E-state index in [1.165, 1.54) is 0 Å². The number of ether oxygens (including phenoxy) is 1. The Labute approximate surface area is 107 Å². The maximum Gasteiger partial charge on any atom is 0.406 e. The van der Waals surface area contributed by atoms with Crippen LogP contribution in [0.25, 0.3) is 0 Å². The molecule has 0 spiro atoms. The zero-order valence-electron chi connectivity index (χ0n) is 10.3. The fourth-order valence-corrected chi connectivity index (χ4v) is 1.36. The van der Waals surface area contributed by atoms with Gasteiger partial charge in [-0.2, -0.15) is 18.4 Å². The van der Waals surface area contributed by atoms with Crippen molar-refractivity contribution in [3.8, 4) is 0 Å². The smallest absolute Gasteiger partial charge is 0.382 e. The highest BCUT2D eigenvalue weighted by Gasteiger charge is 2.34. The molecule has 0 atom stereocenters. The van der Waals surface area contributed by atoms with Gasteiger partial charge in [-0.1, -0.05) is 0 Å². The van der Waals surface area contributed by atoms with Crippen LogP contribution in [0.5, 0.6) is 0 Å². The molecule has 0 aliphatic heterocycles. The highest BCUT2D eigenvalue weighted by atomic mass is 19.4. The molecule has 0 aromatic carbocycles. The first-order valence-corrected chi connectivity index (χ1v) is 5.61. The number of carbonyl (C=O) groups is 1. The lowest BCUT2D eigenvalue weighted by Gasteiger charge is -2.22. The molecule has 0 saturated carbocycles. The summed E-state index contributed by atoms with van der Waals surface area (Å²) in [6.45, 7) is 1.08. The standard InChI is InChI=1S/C9H14F3N5O2/c1-2-19-5-3-4-17(6-9(10,11)12)8(18)7-13-15-16-14-7/h2-6H2,1H3,(H,13,14,15,16). The third kappa shape index (κ3) is 5.64. The molecule has 0 aliphatic rings. The van der Waals surface area contributed by atoms with Crippen LogP contribution < -0.4 is 0 Å². The summed E-state index contributed by atoms with van der Waals surface area (Å²) in [5.74, 6) is -1.30. The van der Waals surface area contributed by atoms with Gasteiger partial charge in [-0.3, -0.25) is 4.79 Å². The number of aromatic nitrogens is 4. The molecular formula is C9H14F3N5O2. The van der Waals surface area contributed by atoms with Crippen molar-refractivity contribution in [3.63, 3.8) is 0 Å². The third-order valence-corrected chi connectivity index (χ3v) is 2.11. The second-order valence-electron chi connectivity index (χ2n) is 3.63. The Hall–Kier alpha value is -1.71. The Morgan fingerprint density at radius 1 is 1.47 bits per heavy atom. The number of hydrogen-bond acceptors (Lipinski definition) is 5. The van der Waals surface area contributed by atoms with Crippen LogP contribution in [-0.2, 0) is 4.74 Å². The summed E-state index contributed by atoms with van der Waals surface area (Å²) in [5, 5.41) is 11.9. The van der Waals surface area contributed by atoms with Crippen LogP contribution in [-0.4, -0.2) is 63.9 Å². The first-order chi connectivity index (χ1) is 8.94. The Bertz CT molecular complexity index is 382. The minimum atomic E-state index is -4.48. The Morgan fingerprint density at radius 2 is 2.21 bits per heavy atom. The second kappa shape index (κ2) is 7.02. The van der Waals surface area contributed by atoms with Gasteiger partial charge in [0, 0.05) is 19.8 Å². The molecule has 10 heteroatoms. The van der Waals surface area contributed by atoms with Crippen molar-refractivity contribution < 1.29 is 22.7 Å². The van der Waals surface area contributed by atoms with Crippen LogP contribution in [0, 0.1) is 0 Å². The molecule has 19 heavy (non-hydrogen) atoms. The lowest BCUT2D eigenvalue weighted by molar-refractivity contribution is -0.141. The molecule has 0 bridgehead atoms. The Balaban J connectivity index is 2.61. The van der Waals surface area contributed by atoms with Crippen LogP contribution in [0.15, 0.2) is 0 Å². The van der Waals surface area contributed by atoms with Crippen LogP contribution in [0.3, 0.4) is 0 Å². The fourth-order valence-electron chi connectivity index (χ4n) is 1.36. The van der Waals surface area contributed by atoms with Gasteiger partial charge in [0.25, 0.3) is 11.7 Å². The molecule has 0 unspecified atom stereocenters. The molecule has 1 heterocycles. The van der Waals surface area contributed by atoms with Gasteiger partial charge in [-0.15, -0.1) is 10.2 Å². The molecule has 1 aromatic heterocycles. The molecule has 0 saturated heterocycles. The number of nitrogens with one attached hydrogen (secondary N) is 1. The lowest BCUT2D eigenvalue weighted by atomic mass is 10.3. The summed E-state index contributed by atoms with van der Waals surface area (Å²) in [6.07, 6.45) is -4.18. The molecule has 7 nitrogen and oxygen atoms in total. The molecular weight excluding hydrogens is 267 g/mol. The number of hydrogen-bond donors (Lipinski definition) is 1. The van der Waals surface area contributed by atoms with Crippen LogP contribution in [0.4, 0.5) is 13.2 Å². The lowest BCUT2D eigenvalue weighted by Crippen LogP contribution is -2.40. The highest BCUT2D eigenvalue weighted by molar-refractivity contribution is 5.90. The first kappa shape index (κ1) is 15.3. The largest absolute Gasteiger partial charge is 0.406 e. The van der Waals surface area contributed by atoms with Crippen molar-refractivity contribution in [1.29, 1.82) is 0 Å². The van der Waals surface area contributed by atoms with Gasteiger partial charge < -0.3 is 9.64 Å². The van der Waals surface area contributed by atoms with Crippen LogP contribution >= 0.6 is 0 Å². The molecule has 108 valence electrons. The predicted octanol–water partition coefficient (Wildman–Crippen LogP) is 0.631. The van der Waals surface area contributed by atoms with Crippen molar-refractivity contribution >= 4 is 5.91 Å². The molecule has 0 radical (unpaired) electrons. The average molecular weight is 281 g/mol. The van der Waals surface area contributed by atoms with Gasteiger partial charge >= 0.3 is 6.18 Å². The number of amides is 1. The molecule has 1 rings (SSSR count). The van der Waals surface area contributed by atoms with Crippen molar-refractivity contribution in [2.45, 2.75) is 19.5 Å². The van der Waals surface area contributed by atoms with E-state index in [4.69, 9.17) is 4.74 Å². The molecule has 1 N–H and O–H groups in total. The SMILES string of the molecule is CCOCCCN(CC(F)(F)F)C(=O)c1nn[nH]n1. The topological polar surface area (TPSA) is 84.0 Å². The minimum absolute atomic E-state index is 0.0904. The molecule has 0 aliphatic carbocycles. The van der Waals surface area contributed by atoms with E-state index in [1.807, 2.05) is 5.21 Å². The van der Waals surface area contributed by atoms with Gasteiger partial charge in [0.2, 0.25) is 0 Å². The molecule has 0 fully saturated rings. The van der Waals surface area contributed by atoms with Crippen LogP contribution in [0.2, 0.25) is 0 Å². The zero-order valence-corrected chi connectivity index (χ0v) is 10.3. The van der Waals surface area contributed by atoms with E-state index in [-0.39, 0.29) is 19.0 Å². The van der Waals surface area contributed by atoms with E-state index in [9.17, 15) is 18.0 Å². The minimum Gasteiger partial charge on any atom is -0.382 e. The quantitative estimate of drug-likeness (QED) is 0.741. The first-order valence-electron chi connectivity index (χ1n) is 5.61. The third-order valence-electron chi connectivity index (χ3n) is 2.11. The van der Waals surface area contributed by atoms with Gasteiger partial charge in [0.1, 0.15) is 6.54 Å². The highest BCUT2D eigenvalue weighted by Crippen LogP contribution is 2.17. The number of rotatable bonds is 7. The summed E-state index contributed by atoms with van der Waals surface area (Å²) < 4.78 is 42.2. The maximum absolute atomic E-state index is 12.4. The number of alkyl halides is 3. The van der Waals surface area contributed by atoms with Crippen LogP contribution in [0.1, 0.15) is 24.0 Å². The van der Waals surface area contributed by atoms with Crippen molar-refractivity contribution in [3.05, 3.63) is 5.82 Å². The van der Waals surface area contributed by atoms with E-state index in [0.29, 0.717) is 17.9 Å². The number of tetrazole rings is 1. The maximum atomic E-state index is 12.4. The summed E-state index contributed by atoms with van der Waals surface area (Å²) in [5.41, 5.74) is 0. The van der Waals surface area contributed by atoms with Crippen molar-refractivity contribution in [2.24, 2.45) is 0 Å². The number of carbonyl (C=O) groups excluding carboxylic acids is 1. The molecule has 1 amide bonds. The van der Waals surface area contributed by atoms with E-state index in [2.05, 4.69) is 15.4 Å². The van der Waals surface area contributed by atoms with Gasteiger partial charge in [0.15, 0.2) is 0 Å². The van der Waals surface area contributed by atoms with Gasteiger partial charge in [-0.25, -0.2) is 0 Å². The predicted molar refractivity (Wildman–Crippen MR) is 57.2 cm³/mol. The number of aromatic amines is 1. The average Bonchev–Trinajstić information content (AvgIpc) is 2.84. The Kier molecular flexibility index (Phi) is 5.67. The van der Waals surface area contributed by atoms with E-state index < -0.39 is 18.6 Å². The molecule has 1 aromatic rings. The summed E-state index contributed by atoms with van der Waals surface area (Å²) in [7, 11) is 0. The zero-order chi connectivity index (χ0) is 14.3. The number of nitrogens with zero attached hydrogens (tertiary/aromatic N) is 4. The Morgan fingerprint density at radius 3 is 2.74 bits per heavy atom. The van der Waals surface area contributed by atoms with E-state index in [0.717, 1.165) is 0 Å². The fraction of sp³-hybridized carbons (Fsp3) is 0.778. The second-order valence-corrected chi connectivity index (χ2v) is 3.63. The van der Waals surface area contributed by atoms with Gasteiger partial charge in [0.05, 0.1) is 0 Å². The summed E-state index contributed by atoms with van der Waals surface area (Å²) in [4.78, 5) is 12.4. The monoisotopic (exact) mass is 281 g/mol. The van der Waals surface area contributed by atoms with Crippen molar-refractivity contribution in [1.82, 2.24) is 25.5 Å². The number of halogens is 3.